The van der Waals surface area contributed by atoms with Crippen molar-refractivity contribution in [3.63, 3.8) is 0 Å². The fourth-order valence-electron chi connectivity index (χ4n) is 2.97. The predicted octanol–water partition coefficient (Wildman–Crippen LogP) is 4.69. The molecule has 142 valence electrons. The molecule has 0 atom stereocenters. The Morgan fingerprint density at radius 1 is 1.04 bits per heavy atom. The Labute approximate surface area is 162 Å². The van der Waals surface area contributed by atoms with Crippen LogP contribution in [-0.2, 0) is 19.6 Å². The van der Waals surface area contributed by atoms with Gasteiger partial charge in [0.15, 0.2) is 11.3 Å². The Hall–Kier alpha value is -3.00. The van der Waals surface area contributed by atoms with Crippen LogP contribution in [0.4, 0.5) is 13.2 Å². The molecule has 4 aromatic rings. The van der Waals surface area contributed by atoms with Crippen molar-refractivity contribution in [2.75, 3.05) is 0 Å². The monoisotopic (exact) mass is 403 g/mol. The topological polar surface area (TPSA) is 56.5 Å². The Balaban J connectivity index is 1.64. The van der Waals surface area contributed by atoms with E-state index in [2.05, 4.69) is 19.9 Å². The molecule has 0 saturated carbocycles. The highest BCUT2D eigenvalue weighted by Gasteiger charge is 2.34. The first kappa shape index (κ1) is 18.4. The van der Waals surface area contributed by atoms with Gasteiger partial charge in [0.05, 0.1) is 5.69 Å². The lowest BCUT2D eigenvalue weighted by Gasteiger charge is -2.07. The molecule has 0 saturated heterocycles. The van der Waals surface area contributed by atoms with Gasteiger partial charge in [-0.05, 0) is 29.3 Å². The zero-order valence-corrected chi connectivity index (χ0v) is 15.3. The number of hydrogen-bond acceptors (Lipinski definition) is 4. The Bertz CT molecular complexity index is 1150. The van der Waals surface area contributed by atoms with E-state index in [0.29, 0.717) is 17.6 Å². The molecule has 3 aromatic heterocycles. The summed E-state index contributed by atoms with van der Waals surface area (Å²) in [6.07, 6.45) is -1.38. The number of pyridine rings is 1. The number of hydrogen-bond donors (Lipinski definition) is 0. The molecule has 0 N–H and O–H groups in total. The Morgan fingerprint density at radius 2 is 1.79 bits per heavy atom. The highest BCUT2D eigenvalue weighted by Crippen LogP contribution is 2.30. The third-order valence-electron chi connectivity index (χ3n) is 4.27. The van der Waals surface area contributed by atoms with Gasteiger partial charge in [-0.3, -0.25) is 0 Å². The van der Waals surface area contributed by atoms with E-state index in [-0.39, 0.29) is 11.1 Å². The largest absolute Gasteiger partial charge is 0.434 e. The number of aromatic nitrogens is 5. The van der Waals surface area contributed by atoms with Crippen LogP contribution in [0.25, 0.3) is 22.4 Å². The molecule has 0 fully saturated rings. The summed E-state index contributed by atoms with van der Waals surface area (Å²) in [5.74, 6) is 0.249. The van der Waals surface area contributed by atoms with Gasteiger partial charge in [-0.2, -0.15) is 18.2 Å². The number of alkyl halides is 3. The molecule has 9 heteroatoms. The number of fused-ring (bicyclic) bond motifs is 1. The van der Waals surface area contributed by atoms with Crippen LogP contribution in [0.5, 0.6) is 0 Å². The SMILES string of the molecule is Cn1cc(C(F)(F)F)nc1-c1ccc(Cc2nc(Cl)nc3ncccc23)cc1. The Kier molecular flexibility index (Phi) is 4.50. The first-order valence-corrected chi connectivity index (χ1v) is 8.66. The zero-order valence-electron chi connectivity index (χ0n) is 14.6. The maximum atomic E-state index is 12.9. The van der Waals surface area contributed by atoms with Gasteiger partial charge in [0.1, 0.15) is 5.82 Å². The maximum Gasteiger partial charge on any atom is 0.434 e. The van der Waals surface area contributed by atoms with Gasteiger partial charge >= 0.3 is 6.18 Å². The van der Waals surface area contributed by atoms with Gasteiger partial charge in [0, 0.05) is 36.8 Å². The number of aryl methyl sites for hydroxylation is 1. The predicted molar refractivity (Wildman–Crippen MR) is 98.8 cm³/mol. The van der Waals surface area contributed by atoms with Gasteiger partial charge in [0.2, 0.25) is 5.28 Å². The lowest BCUT2D eigenvalue weighted by Crippen LogP contribution is -2.04. The number of imidazole rings is 1. The van der Waals surface area contributed by atoms with E-state index in [1.807, 2.05) is 18.2 Å². The van der Waals surface area contributed by atoms with Crippen LogP contribution in [0.3, 0.4) is 0 Å². The van der Waals surface area contributed by atoms with Crippen LogP contribution < -0.4 is 0 Å². The molecule has 5 nitrogen and oxygen atoms in total. The molecular formula is C19H13ClF3N5. The van der Waals surface area contributed by atoms with E-state index in [1.165, 1.54) is 11.6 Å². The number of benzene rings is 1. The zero-order chi connectivity index (χ0) is 19.9. The van der Waals surface area contributed by atoms with Crippen molar-refractivity contribution >= 4 is 22.6 Å². The van der Waals surface area contributed by atoms with E-state index < -0.39 is 11.9 Å². The minimum Gasteiger partial charge on any atom is -0.333 e. The van der Waals surface area contributed by atoms with Crippen LogP contribution in [0, 0.1) is 0 Å². The summed E-state index contributed by atoms with van der Waals surface area (Å²) in [7, 11) is 1.54. The highest BCUT2D eigenvalue weighted by molar-refractivity contribution is 6.28. The molecule has 0 aliphatic rings. The molecule has 0 spiro atoms. The van der Waals surface area contributed by atoms with Gasteiger partial charge < -0.3 is 4.57 Å². The van der Waals surface area contributed by atoms with Crippen LogP contribution in [0.15, 0.2) is 48.8 Å². The van der Waals surface area contributed by atoms with E-state index in [9.17, 15) is 13.2 Å². The molecule has 4 rings (SSSR count). The van der Waals surface area contributed by atoms with Gasteiger partial charge in [-0.25, -0.2) is 15.0 Å². The highest BCUT2D eigenvalue weighted by atomic mass is 35.5. The van der Waals surface area contributed by atoms with Crippen molar-refractivity contribution < 1.29 is 13.2 Å². The Morgan fingerprint density at radius 3 is 2.46 bits per heavy atom. The van der Waals surface area contributed by atoms with Crippen LogP contribution in [-0.4, -0.2) is 24.5 Å². The average Bonchev–Trinajstić information content (AvgIpc) is 3.04. The van der Waals surface area contributed by atoms with Crippen molar-refractivity contribution in [3.05, 3.63) is 71.0 Å². The van der Waals surface area contributed by atoms with Gasteiger partial charge in [-0.15, -0.1) is 0 Å². The molecule has 3 heterocycles. The molecule has 0 aliphatic carbocycles. The third-order valence-corrected chi connectivity index (χ3v) is 4.44. The minimum absolute atomic E-state index is 0.116. The molecule has 0 radical (unpaired) electrons. The first-order valence-electron chi connectivity index (χ1n) is 8.28. The third kappa shape index (κ3) is 3.55. The standard InChI is InChI=1S/C19H13ClF3N5/c1-28-10-15(19(21,22)23)26-17(28)12-6-4-11(5-7-12)9-14-13-3-2-8-24-16(13)27-18(20)25-14/h2-8,10H,9H2,1H3. The molecule has 1 aromatic carbocycles. The number of halogens is 4. The second kappa shape index (κ2) is 6.87. The normalized spacial score (nSPS) is 11.9. The summed E-state index contributed by atoms with van der Waals surface area (Å²) in [5, 5.41) is 0.917. The maximum absolute atomic E-state index is 12.9. The van der Waals surface area contributed by atoms with Crippen LogP contribution >= 0.6 is 11.6 Å². The lowest BCUT2D eigenvalue weighted by atomic mass is 10.0. The quantitative estimate of drug-likeness (QED) is 0.466. The second-order valence-electron chi connectivity index (χ2n) is 6.25. The summed E-state index contributed by atoms with van der Waals surface area (Å²) in [4.78, 5) is 16.3. The first-order chi connectivity index (χ1) is 13.3. The molecule has 0 unspecified atom stereocenters. The minimum atomic E-state index is -4.47. The molecule has 0 aliphatic heterocycles. The summed E-state index contributed by atoms with van der Waals surface area (Å²) in [6.45, 7) is 0. The molecule has 0 amide bonds. The van der Waals surface area contributed by atoms with E-state index in [4.69, 9.17) is 11.6 Å². The van der Waals surface area contributed by atoms with Crippen molar-refractivity contribution in [3.8, 4) is 11.4 Å². The summed E-state index contributed by atoms with van der Waals surface area (Å²) in [6, 6.07) is 10.8. The fourth-order valence-corrected chi connectivity index (χ4v) is 3.15. The van der Waals surface area contributed by atoms with Gasteiger partial charge in [0.25, 0.3) is 0 Å². The summed E-state index contributed by atoms with van der Waals surface area (Å²) < 4.78 is 39.9. The van der Waals surface area contributed by atoms with E-state index in [1.54, 1.807) is 24.4 Å². The average molecular weight is 404 g/mol. The summed E-state index contributed by atoms with van der Waals surface area (Å²) >= 11 is 5.99. The molecular weight excluding hydrogens is 391 g/mol. The van der Waals surface area contributed by atoms with Crippen molar-refractivity contribution in [2.45, 2.75) is 12.6 Å². The van der Waals surface area contributed by atoms with E-state index >= 15 is 0 Å². The molecule has 28 heavy (non-hydrogen) atoms. The summed E-state index contributed by atoms with van der Waals surface area (Å²) in [5.41, 5.74) is 1.85. The van der Waals surface area contributed by atoms with Crippen LogP contribution in [0.1, 0.15) is 17.0 Å². The fraction of sp³-hybridized carbons (Fsp3) is 0.158. The van der Waals surface area contributed by atoms with Gasteiger partial charge in [-0.1, -0.05) is 24.3 Å². The van der Waals surface area contributed by atoms with Crippen molar-refractivity contribution in [1.29, 1.82) is 0 Å². The van der Waals surface area contributed by atoms with Crippen molar-refractivity contribution in [2.24, 2.45) is 7.05 Å². The van der Waals surface area contributed by atoms with E-state index in [0.717, 1.165) is 22.8 Å². The lowest BCUT2D eigenvalue weighted by molar-refractivity contribution is -0.140. The number of nitrogens with zero attached hydrogens (tertiary/aromatic N) is 5. The molecule has 0 bridgehead atoms. The van der Waals surface area contributed by atoms with Crippen LogP contribution in [0.2, 0.25) is 5.28 Å². The second-order valence-corrected chi connectivity index (χ2v) is 6.58. The smallest absolute Gasteiger partial charge is 0.333 e. The number of rotatable bonds is 3. The van der Waals surface area contributed by atoms with Crippen molar-refractivity contribution in [1.82, 2.24) is 24.5 Å².